The Balaban J connectivity index is 3.14. The fourth-order valence-corrected chi connectivity index (χ4v) is 0.591. The van der Waals surface area contributed by atoms with E-state index < -0.39 is 10.6 Å². The van der Waals surface area contributed by atoms with Crippen molar-refractivity contribution in [1.82, 2.24) is 0 Å². The van der Waals surface area contributed by atoms with E-state index in [0.717, 1.165) is 0 Å². The zero-order valence-corrected chi connectivity index (χ0v) is 8.26. The maximum absolute atomic E-state index is 10.7. The van der Waals surface area contributed by atoms with Gasteiger partial charge < -0.3 is 14.6 Å². The molecule has 6 heteroatoms. The minimum absolute atomic E-state index is 0.0320. The third-order valence-electron chi connectivity index (χ3n) is 0.918. The van der Waals surface area contributed by atoms with Crippen LogP contribution in [0.15, 0.2) is 0 Å². The smallest absolute Gasteiger partial charge is 0.328 e. The molecule has 0 amide bonds. The molecule has 0 radical (unpaired) electrons. The van der Waals surface area contributed by atoms with Crippen molar-refractivity contribution < 1.29 is 19.4 Å². The molecule has 0 saturated carbocycles. The lowest BCUT2D eigenvalue weighted by molar-refractivity contribution is -0.142. The second-order valence-electron chi connectivity index (χ2n) is 1.88. The van der Waals surface area contributed by atoms with Crippen LogP contribution in [0, 0.1) is 0 Å². The zero-order chi connectivity index (χ0) is 9.40. The Labute approximate surface area is 82.1 Å². The molecule has 0 aliphatic carbocycles. The molecule has 0 bridgehead atoms. The van der Waals surface area contributed by atoms with E-state index in [2.05, 4.69) is 30.0 Å². The second-order valence-corrected chi connectivity index (χ2v) is 3.32. The number of esters is 1. The molecule has 0 unspecified atom stereocenters. The van der Waals surface area contributed by atoms with Gasteiger partial charge in [-0.1, -0.05) is 0 Å². The number of carbonyl (C=O) groups is 1. The number of aliphatic hydroxyl groups is 1. The maximum Gasteiger partial charge on any atom is 0.328 e. The molecular weight excluding hydrogens is 200 g/mol. The summed E-state index contributed by atoms with van der Waals surface area (Å²) in [7, 11) is 0. The van der Waals surface area contributed by atoms with Gasteiger partial charge in [0.1, 0.15) is 11.2 Å². The van der Waals surface area contributed by atoms with Crippen LogP contribution in [0.1, 0.15) is 0 Å². The van der Waals surface area contributed by atoms with Crippen LogP contribution in [-0.2, 0) is 14.3 Å². The first-order valence-corrected chi connectivity index (χ1v) is 4.43. The summed E-state index contributed by atoms with van der Waals surface area (Å²) in [6.45, 7) is 0.662. The van der Waals surface area contributed by atoms with E-state index in [9.17, 15) is 4.79 Å². The number of thiol groups is 2. The van der Waals surface area contributed by atoms with Gasteiger partial charge in [-0.15, -0.1) is 0 Å². The minimum atomic E-state index is -0.706. The van der Waals surface area contributed by atoms with E-state index in [-0.39, 0.29) is 26.4 Å². The average molecular weight is 212 g/mol. The largest absolute Gasteiger partial charge is 0.462 e. The molecule has 0 aromatic rings. The normalized spacial score (nSPS) is 10.3. The molecule has 0 heterocycles. The van der Waals surface area contributed by atoms with E-state index in [1.165, 1.54) is 0 Å². The lowest BCUT2D eigenvalue weighted by atomic mass is 10.7. The average Bonchev–Trinajstić information content (AvgIpc) is 2.03. The van der Waals surface area contributed by atoms with Crippen LogP contribution in [-0.4, -0.2) is 42.1 Å². The molecule has 0 saturated heterocycles. The van der Waals surface area contributed by atoms with Crippen molar-refractivity contribution in [3.05, 3.63) is 0 Å². The van der Waals surface area contributed by atoms with Gasteiger partial charge in [-0.2, -0.15) is 25.3 Å². The molecule has 0 aliphatic heterocycles. The van der Waals surface area contributed by atoms with Crippen LogP contribution in [0.5, 0.6) is 0 Å². The minimum Gasteiger partial charge on any atom is -0.462 e. The lowest BCUT2D eigenvalue weighted by Gasteiger charge is -2.05. The van der Waals surface area contributed by atoms with Gasteiger partial charge >= 0.3 is 5.97 Å². The van der Waals surface area contributed by atoms with Gasteiger partial charge in [0, 0.05) is 0 Å². The van der Waals surface area contributed by atoms with Crippen molar-refractivity contribution in [2.24, 2.45) is 0 Å². The van der Waals surface area contributed by atoms with Crippen molar-refractivity contribution in [3.63, 3.8) is 0 Å². The molecule has 0 spiro atoms. The van der Waals surface area contributed by atoms with E-state index in [0.29, 0.717) is 0 Å². The van der Waals surface area contributed by atoms with Crippen LogP contribution in [0.4, 0.5) is 0 Å². The van der Waals surface area contributed by atoms with Crippen LogP contribution in [0.3, 0.4) is 0 Å². The van der Waals surface area contributed by atoms with Gasteiger partial charge in [-0.05, 0) is 0 Å². The van der Waals surface area contributed by atoms with Gasteiger partial charge in [0.05, 0.1) is 19.8 Å². The summed E-state index contributed by atoms with van der Waals surface area (Å²) in [5, 5.41) is 8.31. The van der Waals surface area contributed by atoms with Gasteiger partial charge in [0.2, 0.25) is 0 Å². The highest BCUT2D eigenvalue weighted by atomic mass is 32.2. The van der Waals surface area contributed by atoms with Crippen LogP contribution < -0.4 is 0 Å². The zero-order valence-electron chi connectivity index (χ0n) is 6.47. The standard InChI is InChI=1S/C6H12O4S2/c7-1-2-9-3-4-10-5(8)6(11)12/h6-7,11-12H,1-4H2. The Hall–Kier alpha value is 0.0900. The summed E-state index contributed by atoms with van der Waals surface area (Å²) in [4.78, 5) is 10.7. The van der Waals surface area contributed by atoms with Crippen LogP contribution in [0.2, 0.25) is 0 Å². The Morgan fingerprint density at radius 2 is 2.00 bits per heavy atom. The molecule has 0 fully saturated rings. The Kier molecular flexibility index (Phi) is 7.78. The topological polar surface area (TPSA) is 55.8 Å². The number of carbonyl (C=O) groups excluding carboxylic acids is 1. The second kappa shape index (κ2) is 7.72. The molecule has 0 rings (SSSR count). The Bertz CT molecular complexity index is 129. The van der Waals surface area contributed by atoms with Gasteiger partial charge in [0.25, 0.3) is 0 Å². The molecular formula is C6H12O4S2. The highest BCUT2D eigenvalue weighted by Gasteiger charge is 2.08. The quantitative estimate of drug-likeness (QED) is 0.245. The van der Waals surface area contributed by atoms with E-state index >= 15 is 0 Å². The molecule has 0 aliphatic rings. The first kappa shape index (κ1) is 12.1. The van der Waals surface area contributed by atoms with Crippen molar-refractivity contribution in [2.45, 2.75) is 4.58 Å². The van der Waals surface area contributed by atoms with Crippen molar-refractivity contribution in [2.75, 3.05) is 26.4 Å². The molecule has 0 aromatic carbocycles. The van der Waals surface area contributed by atoms with E-state index in [1.807, 2.05) is 0 Å². The van der Waals surface area contributed by atoms with Gasteiger partial charge in [-0.3, -0.25) is 0 Å². The predicted octanol–water partition coefficient (Wildman–Crippen LogP) is -0.276. The third-order valence-corrected chi connectivity index (χ3v) is 1.34. The van der Waals surface area contributed by atoms with Crippen molar-refractivity contribution >= 4 is 31.2 Å². The predicted molar refractivity (Wildman–Crippen MR) is 50.6 cm³/mol. The fourth-order valence-electron chi connectivity index (χ4n) is 0.442. The molecule has 72 valence electrons. The molecule has 1 N–H and O–H groups in total. The fraction of sp³-hybridized carbons (Fsp3) is 0.833. The third kappa shape index (κ3) is 6.78. The molecule has 0 atom stereocenters. The van der Waals surface area contributed by atoms with E-state index in [4.69, 9.17) is 9.84 Å². The molecule has 0 aromatic heterocycles. The SMILES string of the molecule is O=C(OCCOCCO)C(S)S. The van der Waals surface area contributed by atoms with Crippen molar-refractivity contribution in [3.8, 4) is 0 Å². The first-order valence-electron chi connectivity index (χ1n) is 3.40. The number of ether oxygens (including phenoxy) is 2. The van der Waals surface area contributed by atoms with Crippen molar-refractivity contribution in [1.29, 1.82) is 0 Å². The monoisotopic (exact) mass is 212 g/mol. The molecule has 12 heavy (non-hydrogen) atoms. The summed E-state index contributed by atoms with van der Waals surface area (Å²) in [5.41, 5.74) is 0. The maximum atomic E-state index is 10.7. The summed E-state index contributed by atoms with van der Waals surface area (Å²) in [6, 6.07) is 0. The summed E-state index contributed by atoms with van der Waals surface area (Å²) >= 11 is 7.49. The lowest BCUT2D eigenvalue weighted by Crippen LogP contribution is -2.16. The number of hydrogen-bond donors (Lipinski definition) is 3. The summed E-state index contributed by atoms with van der Waals surface area (Å²) in [5.74, 6) is -0.491. The highest BCUT2D eigenvalue weighted by Crippen LogP contribution is 2.01. The number of hydrogen-bond acceptors (Lipinski definition) is 6. The Morgan fingerprint density at radius 3 is 2.50 bits per heavy atom. The Morgan fingerprint density at radius 1 is 1.33 bits per heavy atom. The van der Waals surface area contributed by atoms with Gasteiger partial charge in [0.15, 0.2) is 0 Å². The highest BCUT2D eigenvalue weighted by molar-refractivity contribution is 8.00. The van der Waals surface area contributed by atoms with E-state index in [1.54, 1.807) is 0 Å². The van der Waals surface area contributed by atoms with Crippen LogP contribution in [0.25, 0.3) is 0 Å². The first-order chi connectivity index (χ1) is 5.68. The summed E-state index contributed by atoms with van der Waals surface area (Å²) in [6.07, 6.45) is 0. The van der Waals surface area contributed by atoms with Gasteiger partial charge in [-0.25, -0.2) is 4.79 Å². The van der Waals surface area contributed by atoms with Crippen LogP contribution >= 0.6 is 25.3 Å². The number of rotatable bonds is 6. The molecule has 4 nitrogen and oxygen atoms in total. The number of aliphatic hydroxyl groups excluding tert-OH is 1. The summed E-state index contributed by atoms with van der Waals surface area (Å²) < 4.78 is 8.78.